The maximum Gasteiger partial charge on any atom is 0.161 e. The first-order chi connectivity index (χ1) is 12.7. The van der Waals surface area contributed by atoms with Crippen LogP contribution in [0.2, 0.25) is 5.02 Å². The molecule has 0 unspecified atom stereocenters. The van der Waals surface area contributed by atoms with E-state index in [9.17, 15) is 4.39 Å². The molecular weight excluding hydrogens is 357 g/mol. The van der Waals surface area contributed by atoms with Gasteiger partial charge < -0.3 is 19.5 Å². The molecule has 2 N–H and O–H groups in total. The van der Waals surface area contributed by atoms with Crippen molar-refractivity contribution in [2.45, 2.75) is 32.1 Å². The van der Waals surface area contributed by atoms with Gasteiger partial charge in [-0.05, 0) is 43.2 Å². The fourth-order valence-corrected chi connectivity index (χ4v) is 3.24. The van der Waals surface area contributed by atoms with Gasteiger partial charge in [-0.2, -0.15) is 0 Å². The molecule has 1 aliphatic rings. The molecule has 2 aromatic carbocycles. The Kier molecular flexibility index (Phi) is 6.72. The summed E-state index contributed by atoms with van der Waals surface area (Å²) in [6, 6.07) is 10.2. The van der Waals surface area contributed by atoms with E-state index in [-0.39, 0.29) is 12.4 Å². The first-order valence-electron chi connectivity index (χ1n) is 8.82. The zero-order chi connectivity index (χ0) is 18.4. The molecule has 1 heterocycles. The van der Waals surface area contributed by atoms with Gasteiger partial charge in [-0.3, -0.25) is 0 Å². The molecule has 0 bridgehead atoms. The number of methoxy groups -OCH3 is 1. The Balaban J connectivity index is 1.57. The standard InChI is InChI=1S/C20H23ClFNO3/c1-24-20-9-14(11-23-12-17-3-2-8-25-17)4-7-19(20)26-13-15-5-6-16(22)10-18(15)21/h4-7,9-10,17,23H,2-3,8,11-13H2,1H3/p+1/t17-/m1/s1. The molecule has 0 spiro atoms. The normalized spacial score (nSPS) is 16.7. The molecule has 6 heteroatoms. The van der Waals surface area contributed by atoms with Crippen LogP contribution in [0.1, 0.15) is 24.0 Å². The fraction of sp³-hybridized carbons (Fsp3) is 0.400. The van der Waals surface area contributed by atoms with E-state index >= 15 is 0 Å². The summed E-state index contributed by atoms with van der Waals surface area (Å²) in [7, 11) is 1.62. The summed E-state index contributed by atoms with van der Waals surface area (Å²) in [5.74, 6) is 0.946. The van der Waals surface area contributed by atoms with Crippen LogP contribution in [0, 0.1) is 5.82 Å². The number of nitrogens with two attached hydrogens (primary N) is 1. The van der Waals surface area contributed by atoms with Gasteiger partial charge in [0.2, 0.25) is 0 Å². The largest absolute Gasteiger partial charge is 0.493 e. The first kappa shape index (κ1) is 19.0. The van der Waals surface area contributed by atoms with Gasteiger partial charge in [0.1, 0.15) is 31.6 Å². The highest BCUT2D eigenvalue weighted by Crippen LogP contribution is 2.29. The molecule has 0 saturated carbocycles. The van der Waals surface area contributed by atoms with Crippen molar-refractivity contribution in [1.82, 2.24) is 0 Å². The van der Waals surface area contributed by atoms with Gasteiger partial charge in [-0.25, -0.2) is 4.39 Å². The minimum Gasteiger partial charge on any atom is -0.493 e. The Bertz CT molecular complexity index is 735. The lowest BCUT2D eigenvalue weighted by molar-refractivity contribution is -0.676. The van der Waals surface area contributed by atoms with Crippen molar-refractivity contribution in [3.8, 4) is 11.5 Å². The molecule has 4 nitrogen and oxygen atoms in total. The van der Waals surface area contributed by atoms with Gasteiger partial charge in [0.25, 0.3) is 0 Å². The van der Waals surface area contributed by atoms with E-state index in [2.05, 4.69) is 5.32 Å². The lowest BCUT2D eigenvalue weighted by Crippen LogP contribution is -2.84. The monoisotopic (exact) mass is 380 g/mol. The zero-order valence-electron chi connectivity index (χ0n) is 14.8. The van der Waals surface area contributed by atoms with E-state index in [1.54, 1.807) is 13.2 Å². The summed E-state index contributed by atoms with van der Waals surface area (Å²) in [6.45, 7) is 2.97. The molecule has 1 fully saturated rings. The Morgan fingerprint density at radius 2 is 2.12 bits per heavy atom. The van der Waals surface area contributed by atoms with E-state index in [1.807, 2.05) is 18.2 Å². The Morgan fingerprint density at radius 1 is 1.23 bits per heavy atom. The van der Waals surface area contributed by atoms with Gasteiger partial charge in [0.15, 0.2) is 11.5 Å². The first-order valence-corrected chi connectivity index (χ1v) is 9.20. The number of ether oxygens (including phenoxy) is 3. The van der Waals surface area contributed by atoms with Crippen LogP contribution in [-0.4, -0.2) is 26.4 Å². The van der Waals surface area contributed by atoms with Crippen molar-refractivity contribution in [3.05, 3.63) is 58.4 Å². The van der Waals surface area contributed by atoms with Crippen LogP contribution in [0.5, 0.6) is 11.5 Å². The molecule has 1 saturated heterocycles. The number of hydrogen-bond donors (Lipinski definition) is 1. The van der Waals surface area contributed by atoms with Gasteiger partial charge >= 0.3 is 0 Å². The van der Waals surface area contributed by atoms with Crippen LogP contribution in [-0.2, 0) is 17.9 Å². The number of hydrogen-bond acceptors (Lipinski definition) is 3. The quantitative estimate of drug-likeness (QED) is 0.764. The molecule has 0 aliphatic carbocycles. The number of benzene rings is 2. The van der Waals surface area contributed by atoms with Crippen LogP contribution in [0.15, 0.2) is 36.4 Å². The van der Waals surface area contributed by atoms with Crippen molar-refractivity contribution in [2.75, 3.05) is 20.3 Å². The molecule has 1 aliphatic heterocycles. The van der Waals surface area contributed by atoms with E-state index in [0.29, 0.717) is 22.6 Å². The highest BCUT2D eigenvalue weighted by atomic mass is 35.5. The van der Waals surface area contributed by atoms with Gasteiger partial charge in [-0.1, -0.05) is 17.7 Å². The second-order valence-corrected chi connectivity index (χ2v) is 6.78. The molecule has 140 valence electrons. The van der Waals surface area contributed by atoms with Crippen molar-refractivity contribution < 1.29 is 23.9 Å². The van der Waals surface area contributed by atoms with E-state index < -0.39 is 0 Å². The van der Waals surface area contributed by atoms with Crippen molar-refractivity contribution in [3.63, 3.8) is 0 Å². The number of quaternary nitrogens is 1. The van der Waals surface area contributed by atoms with Crippen LogP contribution in [0.4, 0.5) is 4.39 Å². The van der Waals surface area contributed by atoms with E-state index in [1.165, 1.54) is 12.1 Å². The van der Waals surface area contributed by atoms with E-state index in [4.69, 9.17) is 25.8 Å². The Hall–Kier alpha value is -1.82. The molecule has 0 radical (unpaired) electrons. The van der Waals surface area contributed by atoms with Gasteiger partial charge in [-0.15, -0.1) is 0 Å². The van der Waals surface area contributed by atoms with E-state index in [0.717, 1.165) is 43.7 Å². The average molecular weight is 381 g/mol. The second-order valence-electron chi connectivity index (χ2n) is 6.37. The summed E-state index contributed by atoms with van der Waals surface area (Å²) in [5.41, 5.74) is 1.89. The van der Waals surface area contributed by atoms with Crippen LogP contribution in [0.3, 0.4) is 0 Å². The van der Waals surface area contributed by atoms with Gasteiger partial charge in [0, 0.05) is 17.7 Å². The van der Waals surface area contributed by atoms with Crippen molar-refractivity contribution in [1.29, 1.82) is 0 Å². The Morgan fingerprint density at radius 3 is 2.85 bits per heavy atom. The molecule has 0 amide bonds. The minimum absolute atomic E-state index is 0.250. The third-order valence-corrected chi connectivity index (χ3v) is 4.81. The summed E-state index contributed by atoms with van der Waals surface area (Å²) in [4.78, 5) is 0. The SMILES string of the molecule is COc1cc(C[NH2+]C[C@H]2CCCO2)ccc1OCc1ccc(F)cc1Cl. The highest BCUT2D eigenvalue weighted by molar-refractivity contribution is 6.31. The molecular formula is C20H24ClFNO3+. The molecule has 0 aromatic heterocycles. The number of rotatable bonds is 8. The summed E-state index contributed by atoms with van der Waals surface area (Å²) >= 11 is 6.04. The van der Waals surface area contributed by atoms with Crippen molar-refractivity contribution >= 4 is 11.6 Å². The maximum absolute atomic E-state index is 13.1. The lowest BCUT2D eigenvalue weighted by Gasteiger charge is -2.13. The predicted octanol–water partition coefficient (Wildman–Crippen LogP) is 3.31. The molecule has 3 rings (SSSR count). The highest BCUT2D eigenvalue weighted by Gasteiger charge is 2.17. The van der Waals surface area contributed by atoms with Crippen molar-refractivity contribution in [2.24, 2.45) is 0 Å². The van der Waals surface area contributed by atoms with Crippen LogP contribution < -0.4 is 14.8 Å². The average Bonchev–Trinajstić information content (AvgIpc) is 3.15. The maximum atomic E-state index is 13.1. The number of halogens is 2. The summed E-state index contributed by atoms with van der Waals surface area (Å²) in [5, 5.41) is 2.60. The van der Waals surface area contributed by atoms with Gasteiger partial charge in [0.05, 0.1) is 12.1 Å². The van der Waals surface area contributed by atoms with Crippen LogP contribution >= 0.6 is 11.6 Å². The fourth-order valence-electron chi connectivity index (χ4n) is 3.02. The summed E-state index contributed by atoms with van der Waals surface area (Å²) in [6.07, 6.45) is 2.69. The molecule has 2 aromatic rings. The smallest absolute Gasteiger partial charge is 0.161 e. The minimum atomic E-state index is -0.361. The Labute approximate surface area is 158 Å². The third-order valence-electron chi connectivity index (χ3n) is 4.46. The van der Waals surface area contributed by atoms with Crippen LogP contribution in [0.25, 0.3) is 0 Å². The lowest BCUT2D eigenvalue weighted by atomic mass is 10.2. The molecule has 26 heavy (non-hydrogen) atoms. The molecule has 1 atom stereocenters. The predicted molar refractivity (Wildman–Crippen MR) is 98.2 cm³/mol. The third kappa shape index (κ3) is 5.10. The zero-order valence-corrected chi connectivity index (χ0v) is 15.6. The second kappa shape index (κ2) is 9.21. The topological polar surface area (TPSA) is 44.3 Å². The summed E-state index contributed by atoms with van der Waals surface area (Å²) < 4.78 is 30.0.